The summed E-state index contributed by atoms with van der Waals surface area (Å²) in [6, 6.07) is 4.00. The van der Waals surface area contributed by atoms with Crippen LogP contribution in [0.4, 0.5) is 5.69 Å². The van der Waals surface area contributed by atoms with E-state index in [1.165, 1.54) is 25.1 Å². The lowest BCUT2D eigenvalue weighted by molar-refractivity contribution is -0.385. The summed E-state index contributed by atoms with van der Waals surface area (Å²) in [5, 5.41) is 19.8. The maximum atomic E-state index is 11.8. The number of hydrogen-bond acceptors (Lipinski definition) is 4. The van der Waals surface area contributed by atoms with E-state index in [0.29, 0.717) is 5.02 Å². The molecule has 0 aliphatic rings. The average Bonchev–Trinajstić information content (AvgIpc) is 2.27. The third-order valence-electron chi connectivity index (χ3n) is 2.41. The lowest BCUT2D eigenvalue weighted by atomic mass is 10.2. The van der Waals surface area contributed by atoms with Crippen LogP contribution in [0.15, 0.2) is 18.2 Å². The van der Waals surface area contributed by atoms with Crippen molar-refractivity contribution in [2.45, 2.75) is 12.7 Å². The van der Waals surface area contributed by atoms with E-state index >= 15 is 0 Å². The Hall–Kier alpha value is -1.47. The molecule has 0 radical (unpaired) electrons. The van der Waals surface area contributed by atoms with Gasteiger partial charge in [-0.1, -0.05) is 18.5 Å². The monoisotopic (exact) mass is 305 g/mol. The third kappa shape index (κ3) is 4.60. The Bertz CT molecular complexity index is 534. The predicted molar refractivity (Wildman–Crippen MR) is 71.6 cm³/mol. The van der Waals surface area contributed by atoms with E-state index in [9.17, 15) is 19.1 Å². The van der Waals surface area contributed by atoms with Crippen molar-refractivity contribution in [2.24, 2.45) is 5.92 Å². The first-order valence-corrected chi connectivity index (χ1v) is 7.18. The van der Waals surface area contributed by atoms with Gasteiger partial charge in [0, 0.05) is 33.2 Å². The minimum atomic E-state index is -1.50. The van der Waals surface area contributed by atoms with Crippen LogP contribution >= 0.6 is 11.6 Å². The highest BCUT2D eigenvalue weighted by molar-refractivity contribution is 7.84. The number of halogens is 1. The molecule has 8 heteroatoms. The molecule has 0 saturated heterocycles. The van der Waals surface area contributed by atoms with Gasteiger partial charge in [0.15, 0.2) is 0 Å². The van der Waals surface area contributed by atoms with E-state index in [0.717, 1.165) is 0 Å². The molecule has 0 amide bonds. The zero-order chi connectivity index (χ0) is 14.6. The number of nitro benzene ring substituents is 1. The fourth-order valence-electron chi connectivity index (χ4n) is 1.43. The van der Waals surface area contributed by atoms with Crippen LogP contribution in [-0.4, -0.2) is 26.0 Å². The van der Waals surface area contributed by atoms with E-state index in [2.05, 4.69) is 0 Å². The molecule has 2 unspecified atom stereocenters. The van der Waals surface area contributed by atoms with Crippen molar-refractivity contribution >= 4 is 34.1 Å². The SMILES string of the molecule is CC(CS(=O)Cc1cc(Cl)ccc1[N+](=O)[O-])C(=O)O. The Balaban J connectivity index is 2.87. The van der Waals surface area contributed by atoms with Crippen LogP contribution in [0.2, 0.25) is 5.02 Å². The van der Waals surface area contributed by atoms with Crippen molar-refractivity contribution in [3.63, 3.8) is 0 Å². The molecule has 0 spiro atoms. The zero-order valence-electron chi connectivity index (χ0n) is 10.0. The van der Waals surface area contributed by atoms with E-state index in [-0.39, 0.29) is 22.8 Å². The van der Waals surface area contributed by atoms with Crippen LogP contribution in [0.3, 0.4) is 0 Å². The van der Waals surface area contributed by atoms with Crippen molar-refractivity contribution in [3.8, 4) is 0 Å². The van der Waals surface area contributed by atoms with Gasteiger partial charge in [0.2, 0.25) is 0 Å². The van der Waals surface area contributed by atoms with Gasteiger partial charge in [-0.05, 0) is 12.1 Å². The molecule has 0 bridgehead atoms. The lowest BCUT2D eigenvalue weighted by Crippen LogP contribution is -2.18. The molecule has 2 atom stereocenters. The Labute approximate surface area is 117 Å². The number of rotatable bonds is 6. The standard InChI is InChI=1S/C11H12ClNO5S/c1-7(11(14)15)5-19(18)6-8-4-9(12)2-3-10(8)13(16)17/h2-4,7H,5-6H2,1H3,(H,14,15). The van der Waals surface area contributed by atoms with Gasteiger partial charge in [-0.15, -0.1) is 0 Å². The molecule has 0 aliphatic heterocycles. The fraction of sp³-hybridized carbons (Fsp3) is 0.364. The van der Waals surface area contributed by atoms with Gasteiger partial charge in [0.1, 0.15) is 0 Å². The van der Waals surface area contributed by atoms with E-state index in [4.69, 9.17) is 16.7 Å². The third-order valence-corrected chi connectivity index (χ3v) is 4.15. The van der Waals surface area contributed by atoms with Gasteiger partial charge >= 0.3 is 5.97 Å². The number of benzene rings is 1. The minimum absolute atomic E-state index is 0.0565. The molecular formula is C11H12ClNO5S. The van der Waals surface area contributed by atoms with Crippen LogP contribution in [0.1, 0.15) is 12.5 Å². The van der Waals surface area contributed by atoms with Crippen LogP contribution in [-0.2, 0) is 21.3 Å². The molecule has 19 heavy (non-hydrogen) atoms. The minimum Gasteiger partial charge on any atom is -0.481 e. The number of nitro groups is 1. The summed E-state index contributed by atoms with van der Waals surface area (Å²) in [5.41, 5.74) is 0.0779. The zero-order valence-corrected chi connectivity index (χ0v) is 11.6. The van der Waals surface area contributed by atoms with Crippen LogP contribution in [0.25, 0.3) is 0 Å². The molecular weight excluding hydrogens is 294 g/mol. The summed E-state index contributed by atoms with van der Waals surface area (Å²) in [6.45, 7) is 1.44. The molecule has 1 N–H and O–H groups in total. The topological polar surface area (TPSA) is 97.5 Å². The predicted octanol–water partition coefficient (Wildman–Crippen LogP) is 2.22. The van der Waals surface area contributed by atoms with Gasteiger partial charge < -0.3 is 5.11 Å². The molecule has 0 aromatic heterocycles. The molecule has 1 rings (SSSR count). The smallest absolute Gasteiger partial charge is 0.307 e. The molecule has 0 fully saturated rings. The number of carboxylic acids is 1. The summed E-state index contributed by atoms with van der Waals surface area (Å²) in [4.78, 5) is 20.9. The highest BCUT2D eigenvalue weighted by Crippen LogP contribution is 2.24. The second-order valence-corrected chi connectivity index (χ2v) is 5.96. The van der Waals surface area contributed by atoms with Gasteiger partial charge in [-0.3, -0.25) is 19.1 Å². The quantitative estimate of drug-likeness (QED) is 0.642. The van der Waals surface area contributed by atoms with E-state index in [1.54, 1.807) is 0 Å². The van der Waals surface area contributed by atoms with E-state index in [1.807, 2.05) is 0 Å². The first kappa shape index (κ1) is 15.6. The normalized spacial score (nSPS) is 13.8. The largest absolute Gasteiger partial charge is 0.481 e. The first-order valence-electron chi connectivity index (χ1n) is 5.32. The molecule has 1 aromatic rings. The second-order valence-electron chi connectivity index (χ2n) is 4.02. The Kier molecular flexibility index (Phi) is 5.44. The van der Waals surface area contributed by atoms with Gasteiger partial charge in [0.05, 0.1) is 16.6 Å². The van der Waals surface area contributed by atoms with Crippen LogP contribution in [0.5, 0.6) is 0 Å². The van der Waals surface area contributed by atoms with Crippen molar-refractivity contribution in [1.82, 2.24) is 0 Å². The van der Waals surface area contributed by atoms with Crippen molar-refractivity contribution < 1.29 is 19.0 Å². The Morgan fingerprint density at radius 1 is 1.58 bits per heavy atom. The van der Waals surface area contributed by atoms with Gasteiger partial charge in [-0.2, -0.15) is 0 Å². The first-order chi connectivity index (χ1) is 8.81. The molecule has 0 heterocycles. The molecule has 1 aromatic carbocycles. The van der Waals surface area contributed by atoms with Crippen LogP contribution < -0.4 is 0 Å². The molecule has 6 nitrogen and oxygen atoms in total. The summed E-state index contributed by atoms with van der Waals surface area (Å²) in [7, 11) is -1.50. The average molecular weight is 306 g/mol. The number of nitrogens with zero attached hydrogens (tertiary/aromatic N) is 1. The lowest BCUT2D eigenvalue weighted by Gasteiger charge is -2.07. The van der Waals surface area contributed by atoms with E-state index < -0.39 is 27.6 Å². The molecule has 0 saturated carbocycles. The maximum absolute atomic E-state index is 11.8. The number of hydrogen-bond donors (Lipinski definition) is 1. The van der Waals surface area contributed by atoms with Crippen LogP contribution in [0, 0.1) is 16.0 Å². The summed E-state index contributed by atoms with van der Waals surface area (Å²) in [6.07, 6.45) is 0. The molecule has 104 valence electrons. The van der Waals surface area contributed by atoms with Crippen molar-refractivity contribution in [1.29, 1.82) is 0 Å². The maximum Gasteiger partial charge on any atom is 0.307 e. The fourth-order valence-corrected chi connectivity index (χ4v) is 3.02. The molecule has 0 aliphatic carbocycles. The van der Waals surface area contributed by atoms with Gasteiger partial charge in [0.25, 0.3) is 5.69 Å². The Morgan fingerprint density at radius 3 is 2.74 bits per heavy atom. The number of carboxylic acid groups (broad SMARTS) is 1. The summed E-state index contributed by atoms with van der Waals surface area (Å²) >= 11 is 5.75. The number of carbonyl (C=O) groups is 1. The van der Waals surface area contributed by atoms with Crippen molar-refractivity contribution in [3.05, 3.63) is 38.9 Å². The highest BCUT2D eigenvalue weighted by Gasteiger charge is 2.19. The Morgan fingerprint density at radius 2 is 2.21 bits per heavy atom. The van der Waals surface area contributed by atoms with Crippen molar-refractivity contribution in [2.75, 3.05) is 5.75 Å². The summed E-state index contributed by atoms with van der Waals surface area (Å²) < 4.78 is 11.8. The second kappa shape index (κ2) is 6.63. The van der Waals surface area contributed by atoms with Gasteiger partial charge in [-0.25, -0.2) is 0 Å². The number of aliphatic carboxylic acids is 1. The highest BCUT2D eigenvalue weighted by atomic mass is 35.5. The summed E-state index contributed by atoms with van der Waals surface area (Å²) in [5.74, 6) is -1.96.